The highest BCUT2D eigenvalue weighted by molar-refractivity contribution is 9.10. The maximum Gasteiger partial charge on any atom is 0.303 e. The topological polar surface area (TPSA) is 40.5 Å². The number of hydrogen-bond donors (Lipinski definition) is 1. The third kappa shape index (κ3) is 5.28. The molecule has 0 unspecified atom stereocenters. The Labute approximate surface area is 108 Å². The second kappa shape index (κ2) is 6.71. The molecule has 17 heavy (non-hydrogen) atoms. The van der Waals surface area contributed by atoms with E-state index in [1.54, 1.807) is 12.1 Å². The lowest BCUT2D eigenvalue weighted by molar-refractivity contribution is -0.137. The van der Waals surface area contributed by atoms with Crippen molar-refractivity contribution >= 4 is 21.9 Å². The van der Waals surface area contributed by atoms with Crippen LogP contribution in [-0.2, 0) is 11.3 Å². The molecule has 0 spiro atoms. The van der Waals surface area contributed by atoms with Crippen LogP contribution < -0.4 is 0 Å². The van der Waals surface area contributed by atoms with Crippen LogP contribution in [0.3, 0.4) is 0 Å². The molecule has 1 N–H and O–H groups in total. The van der Waals surface area contributed by atoms with Crippen molar-refractivity contribution in [3.05, 3.63) is 34.1 Å². The van der Waals surface area contributed by atoms with Gasteiger partial charge in [0.25, 0.3) is 0 Å². The predicted molar refractivity (Wildman–Crippen MR) is 67.3 cm³/mol. The number of nitrogens with zero attached hydrogens (tertiary/aromatic N) is 1. The maximum atomic E-state index is 13.5. The summed E-state index contributed by atoms with van der Waals surface area (Å²) in [5.41, 5.74) is 0.617. The third-order valence-electron chi connectivity index (χ3n) is 2.39. The molecule has 0 saturated carbocycles. The number of carboxylic acids is 1. The summed E-state index contributed by atoms with van der Waals surface area (Å²) >= 11 is 3.20. The van der Waals surface area contributed by atoms with Crippen molar-refractivity contribution in [3.63, 3.8) is 0 Å². The van der Waals surface area contributed by atoms with E-state index in [0.717, 1.165) is 0 Å². The van der Waals surface area contributed by atoms with Crippen LogP contribution in [0.1, 0.15) is 18.4 Å². The van der Waals surface area contributed by atoms with Crippen molar-refractivity contribution in [3.8, 4) is 0 Å². The number of rotatable bonds is 6. The van der Waals surface area contributed by atoms with E-state index in [9.17, 15) is 9.18 Å². The highest BCUT2D eigenvalue weighted by Gasteiger charge is 2.06. The number of benzene rings is 1. The third-order valence-corrected chi connectivity index (χ3v) is 2.88. The fourth-order valence-electron chi connectivity index (χ4n) is 1.52. The number of hydrogen-bond acceptors (Lipinski definition) is 2. The number of carbonyl (C=O) groups is 1. The van der Waals surface area contributed by atoms with Crippen LogP contribution in [0.4, 0.5) is 4.39 Å². The Morgan fingerprint density at radius 3 is 2.82 bits per heavy atom. The molecule has 0 bridgehead atoms. The zero-order valence-corrected chi connectivity index (χ0v) is 11.2. The van der Waals surface area contributed by atoms with Gasteiger partial charge in [0.05, 0.1) is 0 Å². The number of carboxylic acid groups (broad SMARTS) is 1. The van der Waals surface area contributed by atoms with Crippen LogP contribution in [0.5, 0.6) is 0 Å². The second-order valence-electron chi connectivity index (χ2n) is 3.97. The van der Waals surface area contributed by atoms with Crippen molar-refractivity contribution in [1.29, 1.82) is 0 Å². The van der Waals surface area contributed by atoms with Crippen molar-refractivity contribution in [2.75, 3.05) is 13.6 Å². The average Bonchev–Trinajstić information content (AvgIpc) is 2.21. The van der Waals surface area contributed by atoms with Gasteiger partial charge in [-0.25, -0.2) is 4.39 Å². The van der Waals surface area contributed by atoms with E-state index >= 15 is 0 Å². The summed E-state index contributed by atoms with van der Waals surface area (Å²) in [7, 11) is 1.85. The van der Waals surface area contributed by atoms with Crippen LogP contribution in [0, 0.1) is 5.82 Å². The molecular formula is C12H15BrFNO2. The monoisotopic (exact) mass is 303 g/mol. The van der Waals surface area contributed by atoms with Crippen LogP contribution in [0.2, 0.25) is 0 Å². The maximum absolute atomic E-state index is 13.5. The zero-order chi connectivity index (χ0) is 12.8. The van der Waals surface area contributed by atoms with Gasteiger partial charge >= 0.3 is 5.97 Å². The molecule has 0 atom stereocenters. The molecule has 5 heteroatoms. The van der Waals surface area contributed by atoms with E-state index in [-0.39, 0.29) is 12.2 Å². The van der Waals surface area contributed by atoms with E-state index in [0.29, 0.717) is 29.5 Å². The molecule has 1 aromatic carbocycles. The molecule has 0 radical (unpaired) electrons. The molecule has 0 fully saturated rings. The molecule has 0 aliphatic heterocycles. The lowest BCUT2D eigenvalue weighted by Crippen LogP contribution is -2.20. The lowest BCUT2D eigenvalue weighted by atomic mass is 10.2. The fourth-order valence-corrected chi connectivity index (χ4v) is 1.85. The highest BCUT2D eigenvalue weighted by atomic mass is 79.9. The normalized spacial score (nSPS) is 10.8. The van der Waals surface area contributed by atoms with Crippen LogP contribution in [-0.4, -0.2) is 29.6 Å². The summed E-state index contributed by atoms with van der Waals surface area (Å²) in [4.78, 5) is 12.3. The second-order valence-corrected chi connectivity index (χ2v) is 4.89. The van der Waals surface area contributed by atoms with E-state index < -0.39 is 5.97 Å². The average molecular weight is 304 g/mol. The molecule has 94 valence electrons. The molecular weight excluding hydrogens is 289 g/mol. The van der Waals surface area contributed by atoms with Gasteiger partial charge in [0, 0.05) is 23.0 Å². The Morgan fingerprint density at radius 2 is 2.24 bits per heavy atom. The molecule has 0 aliphatic rings. The Morgan fingerprint density at radius 1 is 1.53 bits per heavy atom. The highest BCUT2D eigenvalue weighted by Crippen LogP contribution is 2.16. The SMILES string of the molecule is CN(CCCC(=O)O)Cc1ccc(Br)cc1F. The summed E-state index contributed by atoms with van der Waals surface area (Å²) in [6.07, 6.45) is 0.719. The first kappa shape index (κ1) is 14.1. The van der Waals surface area contributed by atoms with E-state index in [1.165, 1.54) is 6.07 Å². The quantitative estimate of drug-likeness (QED) is 0.878. The van der Waals surface area contributed by atoms with Gasteiger partial charge in [0.15, 0.2) is 0 Å². The Hall–Kier alpha value is -0.940. The van der Waals surface area contributed by atoms with Crippen LogP contribution in [0.25, 0.3) is 0 Å². The molecule has 0 aliphatic carbocycles. The van der Waals surface area contributed by atoms with Crippen molar-refractivity contribution in [1.82, 2.24) is 4.90 Å². The smallest absolute Gasteiger partial charge is 0.303 e. The summed E-state index contributed by atoms with van der Waals surface area (Å²) in [5.74, 6) is -1.04. The van der Waals surface area contributed by atoms with Crippen molar-refractivity contribution in [2.45, 2.75) is 19.4 Å². The minimum Gasteiger partial charge on any atom is -0.481 e. The van der Waals surface area contributed by atoms with E-state index in [2.05, 4.69) is 15.9 Å². The standard InChI is InChI=1S/C12H15BrFNO2/c1-15(6-2-3-12(16)17)8-9-4-5-10(13)7-11(9)14/h4-5,7H,2-3,6,8H2,1H3,(H,16,17). The molecule has 0 aromatic heterocycles. The molecule has 3 nitrogen and oxygen atoms in total. The predicted octanol–water partition coefficient (Wildman–Crippen LogP) is 2.88. The molecule has 0 heterocycles. The van der Waals surface area contributed by atoms with Crippen LogP contribution in [0.15, 0.2) is 22.7 Å². The van der Waals surface area contributed by atoms with Crippen molar-refractivity contribution in [2.24, 2.45) is 0 Å². The Balaban J connectivity index is 2.44. The largest absolute Gasteiger partial charge is 0.481 e. The molecule has 1 rings (SSSR count). The molecule has 1 aromatic rings. The fraction of sp³-hybridized carbons (Fsp3) is 0.417. The van der Waals surface area contributed by atoms with Gasteiger partial charge in [-0.1, -0.05) is 22.0 Å². The van der Waals surface area contributed by atoms with Crippen LogP contribution >= 0.6 is 15.9 Å². The van der Waals surface area contributed by atoms with Gasteiger partial charge in [-0.15, -0.1) is 0 Å². The van der Waals surface area contributed by atoms with Gasteiger partial charge < -0.3 is 10.0 Å². The van der Waals surface area contributed by atoms with Gasteiger partial charge in [-0.3, -0.25) is 4.79 Å². The first-order valence-corrected chi connectivity index (χ1v) is 6.12. The Bertz CT molecular complexity index is 398. The minimum atomic E-state index is -0.798. The Kier molecular flexibility index (Phi) is 5.58. The molecule has 0 amide bonds. The van der Waals surface area contributed by atoms with Crippen molar-refractivity contribution < 1.29 is 14.3 Å². The van der Waals surface area contributed by atoms with Gasteiger partial charge in [0.2, 0.25) is 0 Å². The first-order chi connectivity index (χ1) is 7.99. The zero-order valence-electron chi connectivity index (χ0n) is 9.62. The number of halogens is 2. The number of aliphatic carboxylic acids is 1. The van der Waals surface area contributed by atoms with Gasteiger partial charge in [-0.05, 0) is 32.1 Å². The summed E-state index contributed by atoms with van der Waals surface area (Å²) < 4.78 is 14.2. The lowest BCUT2D eigenvalue weighted by Gasteiger charge is -2.16. The van der Waals surface area contributed by atoms with Gasteiger partial charge in [-0.2, -0.15) is 0 Å². The summed E-state index contributed by atoms with van der Waals surface area (Å²) in [6, 6.07) is 4.96. The summed E-state index contributed by atoms with van der Waals surface area (Å²) in [5, 5.41) is 8.51. The van der Waals surface area contributed by atoms with E-state index in [1.807, 2.05) is 11.9 Å². The summed E-state index contributed by atoms with van der Waals surface area (Å²) in [6.45, 7) is 1.13. The first-order valence-electron chi connectivity index (χ1n) is 5.33. The molecule has 0 saturated heterocycles. The minimum absolute atomic E-state index is 0.146. The van der Waals surface area contributed by atoms with E-state index in [4.69, 9.17) is 5.11 Å². The van der Waals surface area contributed by atoms with Gasteiger partial charge in [0.1, 0.15) is 5.82 Å².